The zero-order valence-corrected chi connectivity index (χ0v) is 19.0. The molecule has 184 valence electrons. The van der Waals surface area contributed by atoms with Crippen LogP contribution < -0.4 is 27.4 Å². The summed E-state index contributed by atoms with van der Waals surface area (Å²) in [6.45, 7) is 5.10. The van der Waals surface area contributed by atoms with E-state index < -0.39 is 53.8 Å². The van der Waals surface area contributed by atoms with Gasteiger partial charge in [-0.1, -0.05) is 13.8 Å². The summed E-state index contributed by atoms with van der Waals surface area (Å²) in [4.78, 5) is 66.5. The molecule has 0 aliphatic heterocycles. The fraction of sp³-hybridized carbons (Fsp3) is 0.600. The van der Waals surface area contributed by atoms with Crippen LogP contribution in [0, 0.1) is 5.92 Å². The van der Waals surface area contributed by atoms with Crippen LogP contribution in [0.2, 0.25) is 0 Å². The summed E-state index contributed by atoms with van der Waals surface area (Å²) in [5, 5.41) is 16.8. The second kappa shape index (κ2) is 13.2. The van der Waals surface area contributed by atoms with Gasteiger partial charge in [0.2, 0.25) is 23.6 Å². The monoisotopic (exact) mass is 467 g/mol. The van der Waals surface area contributed by atoms with Crippen molar-refractivity contribution < 1.29 is 29.1 Å². The number of hydrogen-bond donors (Lipinski definition) is 7. The van der Waals surface area contributed by atoms with E-state index in [1.165, 1.54) is 19.4 Å². The molecule has 13 heteroatoms. The molecule has 0 aliphatic carbocycles. The molecule has 0 spiro atoms. The Bertz CT molecular complexity index is 827. The number of imidazole rings is 1. The first-order valence-corrected chi connectivity index (χ1v) is 10.6. The van der Waals surface area contributed by atoms with Crippen molar-refractivity contribution in [3.63, 3.8) is 0 Å². The third kappa shape index (κ3) is 10.1. The molecule has 4 amide bonds. The Hall–Kier alpha value is -3.48. The SMILES string of the molecule is CC(C)CC(NC(=O)C(N)CCC(N)=O)C(=O)NC(C)C(=O)NC(Cc1cnc[nH]1)C(=O)O. The van der Waals surface area contributed by atoms with Crippen molar-refractivity contribution >= 4 is 29.6 Å². The van der Waals surface area contributed by atoms with E-state index in [0.717, 1.165) is 0 Å². The molecule has 1 heterocycles. The van der Waals surface area contributed by atoms with Crippen LogP contribution in [0.3, 0.4) is 0 Å². The first-order valence-electron chi connectivity index (χ1n) is 10.6. The lowest BCUT2D eigenvalue weighted by molar-refractivity contribution is -0.142. The highest BCUT2D eigenvalue weighted by Crippen LogP contribution is 2.07. The van der Waals surface area contributed by atoms with Gasteiger partial charge >= 0.3 is 5.97 Å². The van der Waals surface area contributed by atoms with Gasteiger partial charge in [0, 0.05) is 24.7 Å². The summed E-state index contributed by atoms with van der Waals surface area (Å²) in [6.07, 6.45) is 3.05. The highest BCUT2D eigenvalue weighted by Gasteiger charge is 2.29. The summed E-state index contributed by atoms with van der Waals surface area (Å²) in [5.74, 6) is -3.77. The largest absolute Gasteiger partial charge is 0.480 e. The number of carbonyl (C=O) groups is 5. The number of aliphatic carboxylic acids is 1. The van der Waals surface area contributed by atoms with Gasteiger partial charge in [0.05, 0.1) is 12.4 Å². The highest BCUT2D eigenvalue weighted by molar-refractivity contribution is 5.94. The quantitative estimate of drug-likeness (QED) is 0.164. The standard InChI is InChI=1S/C20H33N7O6/c1-10(2)6-14(26-18(30)13(21)4-5-16(22)28)19(31)25-11(3)17(29)27-15(20(32)33)7-12-8-23-9-24-12/h8-11,13-15H,4-7,21H2,1-3H3,(H2,22,28)(H,23,24)(H,25,31)(H,26,30)(H,27,29)(H,32,33). The highest BCUT2D eigenvalue weighted by atomic mass is 16.4. The van der Waals surface area contributed by atoms with Gasteiger partial charge in [-0.15, -0.1) is 0 Å². The molecule has 9 N–H and O–H groups in total. The first kappa shape index (κ1) is 27.6. The van der Waals surface area contributed by atoms with Gasteiger partial charge < -0.3 is 37.5 Å². The number of carbonyl (C=O) groups excluding carboxylic acids is 4. The van der Waals surface area contributed by atoms with Gasteiger partial charge in [-0.05, 0) is 25.7 Å². The van der Waals surface area contributed by atoms with Crippen LogP contribution in [0.5, 0.6) is 0 Å². The van der Waals surface area contributed by atoms with Gasteiger partial charge in [-0.3, -0.25) is 19.2 Å². The molecule has 0 saturated heterocycles. The van der Waals surface area contributed by atoms with Crippen molar-refractivity contribution in [1.82, 2.24) is 25.9 Å². The Labute approximate surface area is 191 Å². The number of nitrogens with one attached hydrogen (secondary N) is 4. The summed E-state index contributed by atoms with van der Waals surface area (Å²) < 4.78 is 0. The minimum Gasteiger partial charge on any atom is -0.480 e. The minimum absolute atomic E-state index is 0.0169. The Morgan fingerprint density at radius 3 is 2.18 bits per heavy atom. The van der Waals surface area contributed by atoms with Crippen molar-refractivity contribution in [2.75, 3.05) is 0 Å². The first-order chi connectivity index (χ1) is 15.4. The minimum atomic E-state index is -1.24. The number of amides is 4. The Kier molecular flexibility index (Phi) is 11.0. The fourth-order valence-corrected chi connectivity index (χ4v) is 2.90. The number of H-pyrrole nitrogens is 1. The molecule has 0 aliphatic rings. The van der Waals surface area contributed by atoms with Crippen LogP contribution in [0.15, 0.2) is 12.5 Å². The average molecular weight is 468 g/mol. The van der Waals surface area contributed by atoms with Crippen LogP contribution in [-0.2, 0) is 30.4 Å². The lowest BCUT2D eigenvalue weighted by atomic mass is 10.0. The predicted molar refractivity (Wildman–Crippen MR) is 117 cm³/mol. The van der Waals surface area contributed by atoms with E-state index in [9.17, 15) is 29.1 Å². The lowest BCUT2D eigenvalue weighted by Gasteiger charge is -2.24. The predicted octanol–water partition coefficient (Wildman–Crippen LogP) is -1.85. The topological polar surface area (TPSA) is 222 Å². The molecule has 0 radical (unpaired) electrons. The second-order valence-corrected chi connectivity index (χ2v) is 8.21. The summed E-state index contributed by atoms with van der Waals surface area (Å²) >= 11 is 0. The van der Waals surface area contributed by atoms with E-state index in [-0.39, 0.29) is 31.6 Å². The van der Waals surface area contributed by atoms with Crippen LogP contribution in [0.1, 0.15) is 45.7 Å². The molecule has 4 unspecified atom stereocenters. The molecule has 0 fully saturated rings. The molecule has 0 saturated carbocycles. The number of nitrogens with two attached hydrogens (primary N) is 2. The van der Waals surface area contributed by atoms with Gasteiger partial charge in [-0.2, -0.15) is 0 Å². The zero-order chi connectivity index (χ0) is 25.1. The van der Waals surface area contributed by atoms with Crippen molar-refractivity contribution in [2.45, 2.75) is 70.6 Å². The number of carboxylic acid groups (broad SMARTS) is 1. The molecule has 0 aromatic carbocycles. The smallest absolute Gasteiger partial charge is 0.326 e. The van der Waals surface area contributed by atoms with Gasteiger partial charge in [-0.25, -0.2) is 9.78 Å². The fourth-order valence-electron chi connectivity index (χ4n) is 2.90. The van der Waals surface area contributed by atoms with Crippen molar-refractivity contribution in [3.05, 3.63) is 18.2 Å². The van der Waals surface area contributed by atoms with E-state index in [1.807, 2.05) is 13.8 Å². The number of rotatable bonds is 14. The van der Waals surface area contributed by atoms with Crippen molar-refractivity contribution in [3.8, 4) is 0 Å². The van der Waals surface area contributed by atoms with Crippen molar-refractivity contribution in [2.24, 2.45) is 17.4 Å². The van der Waals surface area contributed by atoms with Crippen LogP contribution in [0.25, 0.3) is 0 Å². The summed E-state index contributed by atoms with van der Waals surface area (Å²) in [6, 6.07) is -4.31. The van der Waals surface area contributed by atoms with Crippen LogP contribution >= 0.6 is 0 Å². The molecular formula is C20H33N7O6. The number of aromatic amines is 1. The normalized spacial score (nSPS) is 14.6. The Morgan fingerprint density at radius 1 is 1.03 bits per heavy atom. The van der Waals surface area contributed by atoms with Crippen LogP contribution in [-0.4, -0.2) is 68.8 Å². The molecular weight excluding hydrogens is 434 g/mol. The lowest BCUT2D eigenvalue weighted by Crippen LogP contribution is -2.56. The third-order valence-electron chi connectivity index (χ3n) is 4.72. The van der Waals surface area contributed by atoms with E-state index in [2.05, 4.69) is 25.9 Å². The van der Waals surface area contributed by atoms with E-state index >= 15 is 0 Å². The molecule has 0 bridgehead atoms. The van der Waals surface area contributed by atoms with Crippen molar-refractivity contribution in [1.29, 1.82) is 0 Å². The third-order valence-corrected chi connectivity index (χ3v) is 4.72. The maximum absolute atomic E-state index is 12.7. The summed E-state index contributed by atoms with van der Waals surface area (Å²) in [7, 11) is 0. The number of aromatic nitrogens is 2. The number of carboxylic acids is 1. The molecule has 4 atom stereocenters. The molecule has 13 nitrogen and oxygen atoms in total. The maximum Gasteiger partial charge on any atom is 0.326 e. The molecule has 33 heavy (non-hydrogen) atoms. The van der Waals surface area contributed by atoms with Gasteiger partial charge in [0.25, 0.3) is 0 Å². The molecule has 1 rings (SSSR count). The molecule has 1 aromatic rings. The van der Waals surface area contributed by atoms with E-state index in [1.54, 1.807) is 0 Å². The summed E-state index contributed by atoms with van der Waals surface area (Å²) in [5.41, 5.74) is 11.3. The average Bonchev–Trinajstić information content (AvgIpc) is 3.23. The number of primary amides is 1. The maximum atomic E-state index is 12.7. The van der Waals surface area contributed by atoms with Gasteiger partial charge in [0.15, 0.2) is 0 Å². The second-order valence-electron chi connectivity index (χ2n) is 8.21. The Morgan fingerprint density at radius 2 is 1.67 bits per heavy atom. The van der Waals surface area contributed by atoms with E-state index in [4.69, 9.17) is 11.5 Å². The number of hydrogen-bond acceptors (Lipinski definition) is 7. The van der Waals surface area contributed by atoms with E-state index in [0.29, 0.717) is 5.69 Å². The van der Waals surface area contributed by atoms with Crippen LogP contribution in [0.4, 0.5) is 0 Å². The Balaban J connectivity index is 2.74. The molecule has 1 aromatic heterocycles. The zero-order valence-electron chi connectivity index (χ0n) is 19.0. The van der Waals surface area contributed by atoms with Gasteiger partial charge in [0.1, 0.15) is 18.1 Å². The number of nitrogens with zero attached hydrogens (tertiary/aromatic N) is 1.